The van der Waals surface area contributed by atoms with Crippen LogP contribution < -0.4 is 10.1 Å². The van der Waals surface area contributed by atoms with Gasteiger partial charge in [-0.25, -0.2) is 4.98 Å². The Morgan fingerprint density at radius 2 is 2.23 bits per heavy atom. The van der Waals surface area contributed by atoms with Crippen LogP contribution in [0.15, 0.2) is 59.5 Å². The van der Waals surface area contributed by atoms with Crippen LogP contribution in [-0.4, -0.2) is 16.7 Å². The molecule has 114 valence electrons. The van der Waals surface area contributed by atoms with Crippen molar-refractivity contribution in [2.45, 2.75) is 12.6 Å². The third-order valence-corrected chi connectivity index (χ3v) is 3.60. The number of nitrogens with zero attached hydrogens (tertiary/aromatic N) is 2. The normalized spacial score (nSPS) is 12.3. The lowest BCUT2D eigenvalue weighted by Crippen LogP contribution is -2.24. The van der Waals surface area contributed by atoms with Crippen molar-refractivity contribution in [3.8, 4) is 5.75 Å². The van der Waals surface area contributed by atoms with Crippen LogP contribution in [0.3, 0.4) is 0 Å². The average Bonchev–Trinajstić information content (AvgIpc) is 3.20. The lowest BCUT2D eigenvalue weighted by Gasteiger charge is -2.19. The molecule has 0 radical (unpaired) electrons. The van der Waals surface area contributed by atoms with E-state index in [0.717, 1.165) is 22.9 Å². The molecule has 0 spiro atoms. The molecule has 3 aromatic rings. The summed E-state index contributed by atoms with van der Waals surface area (Å²) in [5.74, 6) is 2.67. The Balaban J connectivity index is 1.90. The minimum atomic E-state index is -0.0415. The number of aromatic nitrogens is 2. The maximum Gasteiger partial charge on any atom is 0.130 e. The molecular weight excluding hydrogens is 278 g/mol. The smallest absolute Gasteiger partial charge is 0.130 e. The lowest BCUT2D eigenvalue weighted by molar-refractivity contribution is 0.412. The zero-order valence-electron chi connectivity index (χ0n) is 12.7. The number of rotatable bonds is 6. The molecule has 0 saturated heterocycles. The summed E-state index contributed by atoms with van der Waals surface area (Å²) in [4.78, 5) is 4.48. The summed E-state index contributed by atoms with van der Waals surface area (Å²) in [6, 6.07) is 11.8. The van der Waals surface area contributed by atoms with Crippen LogP contribution in [-0.2, 0) is 13.6 Å². The fourth-order valence-electron chi connectivity index (χ4n) is 2.45. The van der Waals surface area contributed by atoms with Gasteiger partial charge in [0.05, 0.1) is 26.0 Å². The Hall–Kier alpha value is -2.53. The topological polar surface area (TPSA) is 52.2 Å². The van der Waals surface area contributed by atoms with E-state index in [9.17, 15) is 0 Å². The first-order valence-corrected chi connectivity index (χ1v) is 7.15. The summed E-state index contributed by atoms with van der Waals surface area (Å²) in [6.45, 7) is 0.627. The molecule has 0 aliphatic heterocycles. The Morgan fingerprint density at radius 3 is 2.91 bits per heavy atom. The third-order valence-electron chi connectivity index (χ3n) is 3.60. The van der Waals surface area contributed by atoms with Crippen molar-refractivity contribution >= 4 is 0 Å². The van der Waals surface area contributed by atoms with E-state index < -0.39 is 0 Å². The van der Waals surface area contributed by atoms with Crippen LogP contribution >= 0.6 is 0 Å². The molecule has 0 bridgehead atoms. The molecule has 2 aromatic heterocycles. The van der Waals surface area contributed by atoms with Gasteiger partial charge in [-0.3, -0.25) is 5.32 Å². The highest BCUT2D eigenvalue weighted by Gasteiger charge is 2.18. The van der Waals surface area contributed by atoms with Crippen LogP contribution in [0.4, 0.5) is 0 Å². The van der Waals surface area contributed by atoms with Gasteiger partial charge >= 0.3 is 0 Å². The standard InChI is InChI=1S/C17H19N3O2/c1-20-9-8-18-17(20)16(19-12-15-7-4-10-22-15)13-5-3-6-14(11-13)21-2/h3-11,16,19H,12H2,1-2H3/t16-/m1/s1. The van der Waals surface area contributed by atoms with Gasteiger partial charge in [-0.05, 0) is 29.8 Å². The molecule has 0 amide bonds. The molecule has 22 heavy (non-hydrogen) atoms. The first-order chi connectivity index (χ1) is 10.8. The third kappa shape index (κ3) is 3.04. The number of hydrogen-bond donors (Lipinski definition) is 1. The maximum atomic E-state index is 5.40. The van der Waals surface area contributed by atoms with Crippen molar-refractivity contribution in [2.24, 2.45) is 7.05 Å². The largest absolute Gasteiger partial charge is 0.497 e. The minimum absolute atomic E-state index is 0.0415. The van der Waals surface area contributed by atoms with Crippen molar-refractivity contribution in [3.63, 3.8) is 0 Å². The van der Waals surface area contributed by atoms with E-state index in [1.54, 1.807) is 19.6 Å². The summed E-state index contributed by atoms with van der Waals surface area (Å²) < 4.78 is 12.7. The number of furan rings is 1. The molecule has 0 saturated carbocycles. The summed E-state index contributed by atoms with van der Waals surface area (Å²) in [5.41, 5.74) is 1.10. The highest BCUT2D eigenvalue weighted by Crippen LogP contribution is 2.24. The molecule has 0 unspecified atom stereocenters. The highest BCUT2D eigenvalue weighted by molar-refractivity contribution is 5.33. The fraction of sp³-hybridized carbons (Fsp3) is 0.235. The molecule has 0 aliphatic rings. The molecule has 1 N–H and O–H groups in total. The van der Waals surface area contributed by atoms with E-state index in [-0.39, 0.29) is 6.04 Å². The molecule has 5 heteroatoms. The molecule has 0 aliphatic carbocycles. The minimum Gasteiger partial charge on any atom is -0.497 e. The Morgan fingerprint density at radius 1 is 1.32 bits per heavy atom. The van der Waals surface area contributed by atoms with Crippen LogP contribution in [0.25, 0.3) is 0 Å². The second-order valence-electron chi connectivity index (χ2n) is 5.07. The first-order valence-electron chi connectivity index (χ1n) is 7.15. The van der Waals surface area contributed by atoms with Crippen molar-refractivity contribution in [2.75, 3.05) is 7.11 Å². The van der Waals surface area contributed by atoms with Gasteiger partial charge in [-0.2, -0.15) is 0 Å². The Labute approximate surface area is 129 Å². The van der Waals surface area contributed by atoms with E-state index >= 15 is 0 Å². The van der Waals surface area contributed by atoms with Crippen molar-refractivity contribution in [1.82, 2.24) is 14.9 Å². The van der Waals surface area contributed by atoms with E-state index in [2.05, 4.69) is 16.4 Å². The van der Waals surface area contributed by atoms with Crippen LogP contribution in [0.1, 0.15) is 23.2 Å². The molecule has 2 heterocycles. The summed E-state index contributed by atoms with van der Waals surface area (Å²) in [7, 11) is 3.66. The molecular formula is C17H19N3O2. The predicted molar refractivity (Wildman–Crippen MR) is 83.6 cm³/mol. The van der Waals surface area contributed by atoms with Gasteiger partial charge < -0.3 is 13.7 Å². The van der Waals surface area contributed by atoms with Gasteiger partial charge in [0, 0.05) is 19.4 Å². The van der Waals surface area contributed by atoms with E-state index in [1.165, 1.54) is 0 Å². The van der Waals surface area contributed by atoms with Gasteiger partial charge in [0.15, 0.2) is 0 Å². The number of nitrogens with one attached hydrogen (secondary N) is 1. The zero-order chi connectivity index (χ0) is 15.4. The quantitative estimate of drug-likeness (QED) is 0.760. The zero-order valence-corrected chi connectivity index (χ0v) is 12.7. The maximum absolute atomic E-state index is 5.40. The first kappa shape index (κ1) is 14.4. The van der Waals surface area contributed by atoms with Gasteiger partial charge in [-0.1, -0.05) is 12.1 Å². The van der Waals surface area contributed by atoms with Crippen molar-refractivity contribution < 1.29 is 9.15 Å². The molecule has 0 fully saturated rings. The Bertz CT molecular complexity index is 719. The number of methoxy groups -OCH3 is 1. The second-order valence-corrected chi connectivity index (χ2v) is 5.07. The average molecular weight is 297 g/mol. The van der Waals surface area contributed by atoms with Gasteiger partial charge in [0.25, 0.3) is 0 Å². The number of benzene rings is 1. The molecule has 1 atom stereocenters. The second kappa shape index (κ2) is 6.49. The van der Waals surface area contributed by atoms with Gasteiger partial charge in [-0.15, -0.1) is 0 Å². The Kier molecular flexibility index (Phi) is 4.25. The van der Waals surface area contributed by atoms with Crippen LogP contribution in [0.2, 0.25) is 0 Å². The van der Waals surface area contributed by atoms with Crippen LogP contribution in [0.5, 0.6) is 5.75 Å². The SMILES string of the molecule is COc1cccc([C@@H](NCc2ccco2)c2nccn2C)c1. The highest BCUT2D eigenvalue weighted by atomic mass is 16.5. The van der Waals surface area contributed by atoms with E-state index in [4.69, 9.17) is 9.15 Å². The molecule has 1 aromatic carbocycles. The number of imidazole rings is 1. The molecule has 5 nitrogen and oxygen atoms in total. The van der Waals surface area contributed by atoms with E-state index in [1.807, 2.05) is 48.1 Å². The van der Waals surface area contributed by atoms with Gasteiger partial charge in [0.2, 0.25) is 0 Å². The number of ether oxygens (including phenoxy) is 1. The summed E-state index contributed by atoms with van der Waals surface area (Å²) >= 11 is 0. The summed E-state index contributed by atoms with van der Waals surface area (Å²) in [6.07, 6.45) is 5.42. The lowest BCUT2D eigenvalue weighted by atomic mass is 10.1. The summed E-state index contributed by atoms with van der Waals surface area (Å²) in [5, 5.41) is 3.50. The van der Waals surface area contributed by atoms with Crippen LogP contribution in [0, 0.1) is 0 Å². The number of hydrogen-bond acceptors (Lipinski definition) is 4. The van der Waals surface area contributed by atoms with Gasteiger partial charge in [0.1, 0.15) is 17.3 Å². The van der Waals surface area contributed by atoms with Crippen molar-refractivity contribution in [3.05, 3.63) is 72.2 Å². The predicted octanol–water partition coefficient (Wildman–Crippen LogP) is 2.90. The van der Waals surface area contributed by atoms with E-state index in [0.29, 0.717) is 6.54 Å². The monoisotopic (exact) mass is 297 g/mol. The molecule has 3 rings (SSSR count). The van der Waals surface area contributed by atoms with Crippen molar-refractivity contribution in [1.29, 1.82) is 0 Å². The number of aryl methyl sites for hydroxylation is 1. The fourth-order valence-corrected chi connectivity index (χ4v) is 2.45.